The van der Waals surface area contributed by atoms with Crippen LogP contribution in [0.1, 0.15) is 32.4 Å². The van der Waals surface area contributed by atoms with E-state index in [2.05, 4.69) is 13.8 Å². The highest BCUT2D eigenvalue weighted by molar-refractivity contribution is 4.93. The Morgan fingerprint density at radius 2 is 2.25 bits per heavy atom. The zero-order chi connectivity index (χ0) is 8.97. The van der Waals surface area contributed by atoms with Crippen molar-refractivity contribution in [2.45, 2.75) is 33.6 Å². The van der Waals surface area contributed by atoms with Gasteiger partial charge in [0, 0.05) is 0 Å². The van der Waals surface area contributed by atoms with Crippen LogP contribution in [0.3, 0.4) is 0 Å². The first-order valence-electron chi connectivity index (χ1n) is 4.74. The van der Waals surface area contributed by atoms with E-state index in [1.165, 1.54) is 12.8 Å². The quantitative estimate of drug-likeness (QED) is 0.620. The molecule has 0 saturated heterocycles. The molecule has 1 nitrogen and oxygen atoms in total. The summed E-state index contributed by atoms with van der Waals surface area (Å²) < 4.78 is 4.83. The molecule has 0 N–H and O–H groups in total. The maximum Gasteiger partial charge on any atom is 0.100 e. The van der Waals surface area contributed by atoms with Crippen molar-refractivity contribution < 1.29 is 4.42 Å². The van der Waals surface area contributed by atoms with Gasteiger partial charge < -0.3 is 4.42 Å². The fourth-order valence-corrected chi connectivity index (χ4v) is 1.33. The van der Waals surface area contributed by atoms with Crippen LogP contribution < -0.4 is 0 Å². The van der Waals surface area contributed by atoms with Crippen molar-refractivity contribution in [2.75, 3.05) is 0 Å². The first-order valence-corrected chi connectivity index (χ1v) is 4.74. The smallest absolute Gasteiger partial charge is 0.100 e. The molecule has 2 atom stereocenters. The lowest BCUT2D eigenvalue weighted by Crippen LogP contribution is -1.68. The average molecular weight is 166 g/mol. The third-order valence-corrected chi connectivity index (χ3v) is 2.46. The van der Waals surface area contributed by atoms with Gasteiger partial charge in [0.2, 0.25) is 0 Å². The molecule has 1 heterocycles. The molecule has 12 heavy (non-hydrogen) atoms. The molecule has 0 unspecified atom stereocenters. The van der Waals surface area contributed by atoms with Crippen molar-refractivity contribution in [3.8, 4) is 0 Å². The van der Waals surface area contributed by atoms with Gasteiger partial charge in [-0.2, -0.15) is 0 Å². The van der Waals surface area contributed by atoms with E-state index < -0.39 is 0 Å². The summed E-state index contributed by atoms with van der Waals surface area (Å²) in [5.74, 6) is 3.13. The lowest BCUT2D eigenvalue weighted by Gasteiger charge is -1.79. The summed E-state index contributed by atoms with van der Waals surface area (Å²) in [7, 11) is 0. The van der Waals surface area contributed by atoms with Crippen molar-refractivity contribution in [1.82, 2.24) is 0 Å². The van der Waals surface area contributed by atoms with Crippen molar-refractivity contribution in [2.24, 2.45) is 11.8 Å². The van der Waals surface area contributed by atoms with Crippen LogP contribution in [0.25, 0.3) is 0 Å². The Hall–Kier alpha value is -0.720. The topological polar surface area (TPSA) is 13.1 Å². The molecule has 2 rings (SSSR count). The second-order valence-corrected chi connectivity index (χ2v) is 3.61. The van der Waals surface area contributed by atoms with Crippen LogP contribution in [0.2, 0.25) is 0 Å². The van der Waals surface area contributed by atoms with E-state index in [9.17, 15) is 0 Å². The SMILES string of the molecule is CC[C@H]1C[C@@H]1C.Cc1ccco1. The first kappa shape index (κ1) is 9.37. The highest BCUT2D eigenvalue weighted by Gasteiger charge is 2.29. The minimum Gasteiger partial charge on any atom is -0.470 e. The summed E-state index contributed by atoms with van der Waals surface area (Å²) in [6.07, 6.45) is 4.56. The Morgan fingerprint density at radius 1 is 1.58 bits per heavy atom. The Morgan fingerprint density at radius 3 is 2.33 bits per heavy atom. The fraction of sp³-hybridized carbons (Fsp3) is 0.636. The van der Waals surface area contributed by atoms with Gasteiger partial charge in [-0.05, 0) is 37.3 Å². The van der Waals surface area contributed by atoms with Gasteiger partial charge in [0.15, 0.2) is 0 Å². The minimum atomic E-state index is 0.968. The third kappa shape index (κ3) is 3.12. The van der Waals surface area contributed by atoms with Crippen LogP contribution >= 0.6 is 0 Å². The zero-order valence-electron chi connectivity index (χ0n) is 8.21. The van der Waals surface area contributed by atoms with Crippen LogP contribution in [0, 0.1) is 18.8 Å². The van der Waals surface area contributed by atoms with Gasteiger partial charge in [0.1, 0.15) is 5.76 Å². The van der Waals surface area contributed by atoms with Crippen molar-refractivity contribution >= 4 is 0 Å². The highest BCUT2D eigenvalue weighted by atomic mass is 16.3. The van der Waals surface area contributed by atoms with Gasteiger partial charge >= 0.3 is 0 Å². The van der Waals surface area contributed by atoms with E-state index in [1.54, 1.807) is 6.26 Å². The minimum absolute atomic E-state index is 0.968. The van der Waals surface area contributed by atoms with Crippen LogP contribution in [0.4, 0.5) is 0 Å². The molecular weight excluding hydrogens is 148 g/mol. The molecule has 0 aromatic carbocycles. The standard InChI is InChI=1S/C6H12.C5H6O/c1-3-6-4-5(6)2;1-5-3-2-4-6-5/h5-6H,3-4H2,1-2H3;2-4H,1H3/t5-,6-;/m0./s1. The molecule has 1 aromatic heterocycles. The predicted octanol–water partition coefficient (Wildman–Crippen LogP) is 3.64. The largest absolute Gasteiger partial charge is 0.470 e. The maximum absolute atomic E-state index is 4.83. The number of hydrogen-bond acceptors (Lipinski definition) is 1. The molecule has 0 bridgehead atoms. The molecule has 0 radical (unpaired) electrons. The van der Waals surface area contributed by atoms with Crippen LogP contribution in [-0.2, 0) is 0 Å². The molecule has 68 valence electrons. The van der Waals surface area contributed by atoms with E-state index in [4.69, 9.17) is 4.42 Å². The van der Waals surface area contributed by atoms with E-state index >= 15 is 0 Å². The molecule has 1 saturated carbocycles. The van der Waals surface area contributed by atoms with E-state index in [0.29, 0.717) is 0 Å². The average Bonchev–Trinajstić information content (AvgIpc) is 2.56. The Labute approximate surface area is 74.8 Å². The highest BCUT2D eigenvalue weighted by Crippen LogP contribution is 2.39. The Kier molecular flexibility index (Phi) is 3.39. The van der Waals surface area contributed by atoms with Crippen LogP contribution in [0.15, 0.2) is 22.8 Å². The summed E-state index contributed by atoms with van der Waals surface area (Å²) in [6, 6.07) is 3.79. The van der Waals surface area contributed by atoms with Crippen LogP contribution in [0.5, 0.6) is 0 Å². The first-order chi connectivity index (χ1) is 5.74. The lowest BCUT2D eigenvalue weighted by atomic mass is 10.3. The summed E-state index contributed by atoms with van der Waals surface area (Å²) in [6.45, 7) is 6.52. The third-order valence-electron chi connectivity index (χ3n) is 2.46. The molecule has 1 aliphatic carbocycles. The number of furan rings is 1. The van der Waals surface area contributed by atoms with Gasteiger partial charge in [-0.3, -0.25) is 0 Å². The number of rotatable bonds is 1. The summed E-state index contributed by atoms with van der Waals surface area (Å²) in [5, 5.41) is 0. The molecule has 0 spiro atoms. The molecular formula is C11H18O. The van der Waals surface area contributed by atoms with E-state index in [0.717, 1.165) is 17.6 Å². The monoisotopic (exact) mass is 166 g/mol. The Balaban J connectivity index is 0.000000120. The van der Waals surface area contributed by atoms with Gasteiger partial charge in [-0.15, -0.1) is 0 Å². The molecule has 1 aliphatic rings. The second kappa shape index (κ2) is 4.34. The molecule has 1 fully saturated rings. The van der Waals surface area contributed by atoms with Gasteiger partial charge in [-0.25, -0.2) is 0 Å². The zero-order valence-corrected chi connectivity index (χ0v) is 8.21. The normalized spacial score (nSPS) is 25.9. The van der Waals surface area contributed by atoms with Crippen molar-refractivity contribution in [3.63, 3.8) is 0 Å². The fourth-order valence-electron chi connectivity index (χ4n) is 1.33. The molecule has 0 aliphatic heterocycles. The maximum atomic E-state index is 4.83. The number of hydrogen-bond donors (Lipinski definition) is 0. The predicted molar refractivity (Wildman–Crippen MR) is 51.0 cm³/mol. The van der Waals surface area contributed by atoms with Gasteiger partial charge in [0.25, 0.3) is 0 Å². The lowest BCUT2D eigenvalue weighted by molar-refractivity contribution is 0.534. The van der Waals surface area contributed by atoms with Crippen LogP contribution in [-0.4, -0.2) is 0 Å². The molecule has 1 aromatic rings. The van der Waals surface area contributed by atoms with Gasteiger partial charge in [-0.1, -0.05) is 20.3 Å². The van der Waals surface area contributed by atoms with E-state index in [1.807, 2.05) is 19.1 Å². The number of aryl methyl sites for hydroxylation is 1. The van der Waals surface area contributed by atoms with Crippen molar-refractivity contribution in [3.05, 3.63) is 24.2 Å². The second-order valence-electron chi connectivity index (χ2n) is 3.61. The van der Waals surface area contributed by atoms with Crippen molar-refractivity contribution in [1.29, 1.82) is 0 Å². The van der Waals surface area contributed by atoms with Gasteiger partial charge in [0.05, 0.1) is 6.26 Å². The summed E-state index contributed by atoms with van der Waals surface area (Å²) in [4.78, 5) is 0. The Bertz CT molecular complexity index is 199. The molecule has 1 heteroatoms. The molecule has 0 amide bonds. The van der Waals surface area contributed by atoms with E-state index in [-0.39, 0.29) is 0 Å². The summed E-state index contributed by atoms with van der Waals surface area (Å²) in [5.41, 5.74) is 0. The summed E-state index contributed by atoms with van der Waals surface area (Å²) >= 11 is 0.